The topological polar surface area (TPSA) is 46.0 Å². The first-order chi connectivity index (χ1) is 10.6. The summed E-state index contributed by atoms with van der Waals surface area (Å²) < 4.78 is 1.85. The summed E-state index contributed by atoms with van der Waals surface area (Å²) in [7, 11) is 6.14. The van der Waals surface area contributed by atoms with Gasteiger partial charge in [-0.25, -0.2) is 4.98 Å². The quantitative estimate of drug-likeness (QED) is 0.728. The largest absolute Gasteiger partial charge is 0.384 e. The maximum Gasteiger partial charge on any atom is 0.158 e. The van der Waals surface area contributed by atoms with Gasteiger partial charge in [-0.15, -0.1) is 12.4 Å². The highest BCUT2D eigenvalue weighted by Crippen LogP contribution is 2.27. The van der Waals surface area contributed by atoms with Crippen molar-refractivity contribution in [1.29, 1.82) is 0 Å². The minimum absolute atomic E-state index is 0. The number of benzene rings is 1. The summed E-state index contributed by atoms with van der Waals surface area (Å²) in [5, 5.41) is 10.3. The lowest BCUT2D eigenvalue weighted by atomic mass is 10.1. The van der Waals surface area contributed by atoms with Crippen LogP contribution in [0.15, 0.2) is 24.3 Å². The predicted molar refractivity (Wildman–Crippen MR) is 99.7 cm³/mol. The van der Waals surface area contributed by atoms with Crippen molar-refractivity contribution in [2.45, 2.75) is 13.3 Å². The third kappa shape index (κ3) is 3.57. The smallest absolute Gasteiger partial charge is 0.158 e. The zero-order valence-corrected chi connectivity index (χ0v) is 14.9. The van der Waals surface area contributed by atoms with E-state index >= 15 is 0 Å². The predicted octanol–water partition coefficient (Wildman–Crippen LogP) is 3.22. The molecule has 0 aliphatic rings. The van der Waals surface area contributed by atoms with Gasteiger partial charge in [0.15, 0.2) is 5.65 Å². The van der Waals surface area contributed by atoms with Gasteiger partial charge in [-0.05, 0) is 52.2 Å². The normalized spacial score (nSPS) is 11.2. The van der Waals surface area contributed by atoms with E-state index in [4.69, 9.17) is 4.98 Å². The van der Waals surface area contributed by atoms with Crippen molar-refractivity contribution in [3.63, 3.8) is 0 Å². The second kappa shape index (κ2) is 7.15. The Morgan fingerprint density at radius 2 is 2.00 bits per heavy atom. The Morgan fingerprint density at radius 1 is 1.22 bits per heavy atom. The number of nitrogens with one attached hydrogen (secondary N) is 1. The summed E-state index contributed by atoms with van der Waals surface area (Å²) >= 11 is 0. The molecular formula is C17H24ClN5. The molecule has 0 radical (unpaired) electrons. The van der Waals surface area contributed by atoms with E-state index in [9.17, 15) is 0 Å². The lowest BCUT2D eigenvalue weighted by Gasteiger charge is -2.12. The highest BCUT2D eigenvalue weighted by atomic mass is 35.5. The van der Waals surface area contributed by atoms with E-state index in [1.54, 1.807) is 0 Å². The molecular weight excluding hydrogens is 310 g/mol. The molecule has 2 aromatic heterocycles. The molecule has 23 heavy (non-hydrogen) atoms. The van der Waals surface area contributed by atoms with E-state index in [0.29, 0.717) is 0 Å². The summed E-state index contributed by atoms with van der Waals surface area (Å²) in [6.07, 6.45) is 1.12. The van der Waals surface area contributed by atoms with Gasteiger partial charge in [-0.2, -0.15) is 5.10 Å². The van der Waals surface area contributed by atoms with Crippen LogP contribution in [0.5, 0.6) is 0 Å². The Bertz CT molecular complexity index is 809. The Hall–Kier alpha value is -1.85. The van der Waals surface area contributed by atoms with Gasteiger partial charge in [-0.3, -0.25) is 4.68 Å². The summed E-state index contributed by atoms with van der Waals surface area (Å²) in [6, 6.07) is 8.44. The molecule has 0 saturated carbocycles. The molecule has 3 rings (SSSR count). The van der Waals surface area contributed by atoms with Crippen molar-refractivity contribution < 1.29 is 0 Å². The van der Waals surface area contributed by atoms with Crippen LogP contribution >= 0.6 is 12.4 Å². The molecule has 1 aromatic carbocycles. The molecule has 0 unspecified atom stereocenters. The van der Waals surface area contributed by atoms with Crippen LogP contribution in [0.4, 0.5) is 5.69 Å². The van der Waals surface area contributed by atoms with Crippen molar-refractivity contribution in [3.8, 4) is 0 Å². The Balaban J connectivity index is 0.00000192. The van der Waals surface area contributed by atoms with E-state index in [0.717, 1.165) is 52.8 Å². The summed E-state index contributed by atoms with van der Waals surface area (Å²) in [6.45, 7) is 4.08. The van der Waals surface area contributed by atoms with Crippen molar-refractivity contribution in [2.24, 2.45) is 7.05 Å². The number of pyridine rings is 1. The molecule has 0 saturated heterocycles. The van der Waals surface area contributed by atoms with E-state index in [-0.39, 0.29) is 12.4 Å². The van der Waals surface area contributed by atoms with Crippen molar-refractivity contribution in [1.82, 2.24) is 19.7 Å². The monoisotopic (exact) mass is 333 g/mol. The Kier molecular flexibility index (Phi) is 5.44. The number of nitrogens with zero attached hydrogens (tertiary/aromatic N) is 4. The lowest BCUT2D eigenvalue weighted by molar-refractivity contribution is 0.405. The fraction of sp³-hybridized carbons (Fsp3) is 0.412. The molecule has 0 bridgehead atoms. The molecule has 0 fully saturated rings. The van der Waals surface area contributed by atoms with Crippen LogP contribution in [0.2, 0.25) is 0 Å². The van der Waals surface area contributed by atoms with Gasteiger partial charge in [0.25, 0.3) is 0 Å². The van der Waals surface area contributed by atoms with Crippen LogP contribution in [0.1, 0.15) is 12.1 Å². The summed E-state index contributed by atoms with van der Waals surface area (Å²) in [5.74, 6) is 0. The maximum absolute atomic E-state index is 4.77. The SMILES string of the molecule is Cc1nn(C)c2nc3cccc(NCCCN(C)C)c3cc12.Cl. The van der Waals surface area contributed by atoms with E-state index in [2.05, 4.69) is 53.7 Å². The number of hydrogen-bond donors (Lipinski definition) is 1. The van der Waals surface area contributed by atoms with E-state index in [1.807, 2.05) is 18.7 Å². The first-order valence-corrected chi connectivity index (χ1v) is 7.68. The molecule has 0 spiro atoms. The van der Waals surface area contributed by atoms with Gasteiger partial charge >= 0.3 is 0 Å². The van der Waals surface area contributed by atoms with Gasteiger partial charge in [0.1, 0.15) is 0 Å². The molecule has 5 nitrogen and oxygen atoms in total. The van der Waals surface area contributed by atoms with E-state index in [1.165, 1.54) is 0 Å². The van der Waals surface area contributed by atoms with Crippen molar-refractivity contribution in [2.75, 3.05) is 32.5 Å². The fourth-order valence-corrected chi connectivity index (χ4v) is 2.80. The lowest BCUT2D eigenvalue weighted by Crippen LogP contribution is -2.16. The summed E-state index contributed by atoms with van der Waals surface area (Å²) in [4.78, 5) is 6.97. The molecule has 2 heterocycles. The zero-order valence-electron chi connectivity index (χ0n) is 14.1. The Morgan fingerprint density at radius 3 is 2.74 bits per heavy atom. The minimum atomic E-state index is 0. The van der Waals surface area contributed by atoms with Crippen LogP contribution < -0.4 is 5.32 Å². The first kappa shape index (κ1) is 17.5. The Labute approximate surface area is 143 Å². The number of aryl methyl sites for hydroxylation is 2. The molecule has 0 amide bonds. The van der Waals surface area contributed by atoms with Gasteiger partial charge < -0.3 is 10.2 Å². The third-order valence-corrected chi connectivity index (χ3v) is 3.93. The standard InChI is InChI=1S/C17H23N5.ClH/c1-12-13-11-14-15(18-9-6-10-21(2)3)7-5-8-16(14)19-17(13)22(4)20-12;/h5,7-8,11,18H,6,9-10H2,1-4H3;1H. The molecule has 0 aliphatic heterocycles. The van der Waals surface area contributed by atoms with Gasteiger partial charge in [0, 0.05) is 30.1 Å². The first-order valence-electron chi connectivity index (χ1n) is 7.68. The third-order valence-electron chi connectivity index (χ3n) is 3.93. The van der Waals surface area contributed by atoms with Crippen LogP contribution in [0.3, 0.4) is 0 Å². The molecule has 0 atom stereocenters. The highest BCUT2D eigenvalue weighted by molar-refractivity contribution is 5.99. The average Bonchev–Trinajstić information content (AvgIpc) is 2.76. The number of rotatable bonds is 5. The number of hydrogen-bond acceptors (Lipinski definition) is 4. The molecule has 0 aliphatic carbocycles. The van der Waals surface area contributed by atoms with Crippen LogP contribution in [0.25, 0.3) is 21.9 Å². The van der Waals surface area contributed by atoms with Crippen LogP contribution in [0, 0.1) is 6.92 Å². The van der Waals surface area contributed by atoms with Gasteiger partial charge in [-0.1, -0.05) is 6.07 Å². The highest BCUT2D eigenvalue weighted by Gasteiger charge is 2.10. The summed E-state index contributed by atoms with van der Waals surface area (Å²) in [5.41, 5.74) is 4.12. The van der Waals surface area contributed by atoms with Crippen molar-refractivity contribution in [3.05, 3.63) is 30.0 Å². The molecule has 124 valence electrons. The molecule has 6 heteroatoms. The van der Waals surface area contributed by atoms with E-state index < -0.39 is 0 Å². The van der Waals surface area contributed by atoms with Gasteiger partial charge in [0.2, 0.25) is 0 Å². The van der Waals surface area contributed by atoms with Crippen LogP contribution in [-0.2, 0) is 7.05 Å². The second-order valence-electron chi connectivity index (χ2n) is 6.02. The van der Waals surface area contributed by atoms with Crippen molar-refractivity contribution >= 4 is 40.0 Å². The van der Waals surface area contributed by atoms with Crippen LogP contribution in [-0.4, -0.2) is 46.8 Å². The number of anilines is 1. The molecule has 1 N–H and O–H groups in total. The number of halogens is 1. The zero-order chi connectivity index (χ0) is 15.7. The number of aromatic nitrogens is 3. The number of fused-ring (bicyclic) bond motifs is 2. The maximum atomic E-state index is 4.77. The van der Waals surface area contributed by atoms with Gasteiger partial charge in [0.05, 0.1) is 11.2 Å². The average molecular weight is 334 g/mol. The minimum Gasteiger partial charge on any atom is -0.384 e. The molecule has 3 aromatic rings. The second-order valence-corrected chi connectivity index (χ2v) is 6.02. The fourth-order valence-electron chi connectivity index (χ4n) is 2.80.